The molecule has 1 fully saturated rings. The van der Waals surface area contributed by atoms with Crippen molar-refractivity contribution in [2.24, 2.45) is 0 Å². The number of anilines is 1. The van der Waals surface area contributed by atoms with Crippen LogP contribution in [0.5, 0.6) is 0 Å². The summed E-state index contributed by atoms with van der Waals surface area (Å²) in [5.74, 6) is -2.02. The lowest BCUT2D eigenvalue weighted by Gasteiger charge is -2.30. The third-order valence-corrected chi connectivity index (χ3v) is 4.18. The first-order valence-electron chi connectivity index (χ1n) is 8.21. The third-order valence-electron chi connectivity index (χ3n) is 4.18. The Morgan fingerprint density at radius 1 is 1.04 bits per heavy atom. The number of aromatic nitrogens is 1. The van der Waals surface area contributed by atoms with Crippen LogP contribution in [0, 0.1) is 0 Å². The Labute approximate surface area is 156 Å². The Morgan fingerprint density at radius 3 is 2.32 bits per heavy atom. The van der Waals surface area contributed by atoms with E-state index in [1.165, 1.54) is 23.2 Å². The average molecular weight is 403 g/mol. The van der Waals surface area contributed by atoms with Crippen molar-refractivity contribution >= 4 is 11.5 Å². The molecule has 1 N–H and O–H groups in total. The molecule has 0 saturated carbocycles. The number of alkyl halides is 6. The van der Waals surface area contributed by atoms with Crippen LogP contribution in [0.4, 0.5) is 32.0 Å². The lowest BCUT2D eigenvalue weighted by Crippen LogP contribution is -2.42. The van der Waals surface area contributed by atoms with Crippen molar-refractivity contribution in [1.82, 2.24) is 9.88 Å². The van der Waals surface area contributed by atoms with Crippen molar-refractivity contribution < 1.29 is 31.1 Å². The number of piperazine rings is 1. The van der Waals surface area contributed by atoms with Crippen LogP contribution in [-0.2, 0) is 11.0 Å². The molecule has 0 aliphatic carbocycles. The zero-order valence-corrected chi connectivity index (χ0v) is 14.3. The van der Waals surface area contributed by atoms with E-state index < -0.39 is 23.8 Å². The summed E-state index contributed by atoms with van der Waals surface area (Å²) >= 11 is 0. The minimum Gasteiger partial charge on any atom is -0.385 e. The lowest BCUT2D eigenvalue weighted by atomic mass is 10.2. The zero-order chi connectivity index (χ0) is 20.5. The van der Waals surface area contributed by atoms with E-state index in [2.05, 4.69) is 5.32 Å². The Balaban J connectivity index is 1.92. The molecule has 4 nitrogen and oxygen atoms in total. The van der Waals surface area contributed by atoms with Gasteiger partial charge in [0.05, 0.1) is 12.2 Å². The third kappa shape index (κ3) is 4.32. The molecule has 150 valence electrons. The molecule has 0 spiro atoms. The lowest BCUT2D eigenvalue weighted by molar-refractivity contribution is -0.165. The van der Waals surface area contributed by atoms with E-state index in [0.717, 1.165) is 10.6 Å². The topological polar surface area (TPSA) is 37.3 Å². The summed E-state index contributed by atoms with van der Waals surface area (Å²) in [6, 6.07) is 8.86. The second kappa shape index (κ2) is 7.25. The number of rotatable bonds is 3. The molecular formula is C18H15F6N3O. The highest BCUT2D eigenvalue weighted by atomic mass is 19.4. The average Bonchev–Trinajstić information content (AvgIpc) is 3.08. The van der Waals surface area contributed by atoms with Crippen molar-refractivity contribution in [1.29, 1.82) is 0 Å². The van der Waals surface area contributed by atoms with Crippen molar-refractivity contribution in [3.05, 3.63) is 60.1 Å². The van der Waals surface area contributed by atoms with Crippen molar-refractivity contribution in [3.63, 3.8) is 0 Å². The Kier molecular flexibility index (Phi) is 5.14. The summed E-state index contributed by atoms with van der Waals surface area (Å²) < 4.78 is 78.7. The van der Waals surface area contributed by atoms with Crippen LogP contribution in [0.2, 0.25) is 0 Å². The normalized spacial score (nSPS) is 16.9. The SMILES string of the molecule is O=C(/C=C1/CN(c2cc(C(F)(F)F)n(-c3ccccc3)c2)CCN1)C(F)(F)F. The second-order valence-electron chi connectivity index (χ2n) is 6.17. The molecule has 2 heterocycles. The summed E-state index contributed by atoms with van der Waals surface area (Å²) in [5.41, 5.74) is -0.402. The summed E-state index contributed by atoms with van der Waals surface area (Å²) in [5, 5.41) is 2.67. The van der Waals surface area contributed by atoms with Gasteiger partial charge >= 0.3 is 12.4 Å². The van der Waals surface area contributed by atoms with Gasteiger partial charge in [-0.2, -0.15) is 26.3 Å². The molecule has 0 radical (unpaired) electrons. The van der Waals surface area contributed by atoms with Crippen molar-refractivity contribution in [2.45, 2.75) is 12.4 Å². The van der Waals surface area contributed by atoms with Gasteiger partial charge in [-0.15, -0.1) is 0 Å². The molecule has 0 unspecified atom stereocenters. The summed E-state index contributed by atoms with van der Waals surface area (Å²) in [6.45, 7) is 0.320. The molecule has 1 aliphatic heterocycles. The van der Waals surface area contributed by atoms with Gasteiger partial charge in [0.25, 0.3) is 5.78 Å². The summed E-state index contributed by atoms with van der Waals surface area (Å²) in [6.07, 6.45) is -7.90. The molecule has 2 aromatic rings. The molecule has 28 heavy (non-hydrogen) atoms. The monoisotopic (exact) mass is 403 g/mol. The van der Waals surface area contributed by atoms with Gasteiger partial charge in [-0.05, 0) is 18.2 Å². The number of carbonyl (C=O) groups is 1. The minimum absolute atomic E-state index is 0.00500. The van der Waals surface area contributed by atoms with Crippen LogP contribution < -0.4 is 10.2 Å². The fraction of sp³-hybridized carbons (Fsp3) is 0.278. The van der Waals surface area contributed by atoms with Crippen LogP contribution in [0.15, 0.2) is 54.4 Å². The zero-order valence-electron chi connectivity index (χ0n) is 14.3. The van der Waals surface area contributed by atoms with Gasteiger partial charge in [0.15, 0.2) is 0 Å². The van der Waals surface area contributed by atoms with Crippen LogP contribution in [-0.4, -0.2) is 36.2 Å². The standard InChI is InChI=1S/C18H15F6N3O/c19-17(20,21)15-9-14(11-27(15)13-4-2-1-3-5-13)26-7-6-25-12(10-26)8-16(28)18(22,23)24/h1-5,8-9,11,25H,6-7,10H2/b12-8-. The first kappa shape index (κ1) is 19.8. The van der Waals surface area contributed by atoms with Crippen molar-refractivity contribution in [2.75, 3.05) is 24.5 Å². The minimum atomic E-state index is -5.00. The fourth-order valence-corrected chi connectivity index (χ4v) is 2.89. The molecule has 10 heteroatoms. The molecule has 0 bridgehead atoms. The largest absolute Gasteiger partial charge is 0.454 e. The highest BCUT2D eigenvalue weighted by Gasteiger charge is 2.38. The maximum Gasteiger partial charge on any atom is 0.454 e. The van der Waals surface area contributed by atoms with E-state index in [9.17, 15) is 31.1 Å². The quantitative estimate of drug-likeness (QED) is 0.624. The molecule has 1 aromatic heterocycles. The van der Waals surface area contributed by atoms with E-state index in [0.29, 0.717) is 11.8 Å². The predicted molar refractivity (Wildman–Crippen MR) is 90.1 cm³/mol. The van der Waals surface area contributed by atoms with Gasteiger partial charge in [-0.25, -0.2) is 0 Å². The van der Waals surface area contributed by atoms with Crippen LogP contribution in [0.3, 0.4) is 0 Å². The molecule has 0 atom stereocenters. The Hall–Kier alpha value is -2.91. The Bertz CT molecular complexity index is 883. The summed E-state index contributed by atoms with van der Waals surface area (Å²) in [7, 11) is 0. The van der Waals surface area contributed by atoms with Crippen LogP contribution in [0.1, 0.15) is 5.69 Å². The van der Waals surface area contributed by atoms with E-state index >= 15 is 0 Å². The first-order valence-corrected chi connectivity index (χ1v) is 8.21. The van der Waals surface area contributed by atoms with Gasteiger partial charge in [-0.1, -0.05) is 18.2 Å². The fourth-order valence-electron chi connectivity index (χ4n) is 2.89. The smallest absolute Gasteiger partial charge is 0.385 e. The second-order valence-corrected chi connectivity index (χ2v) is 6.17. The van der Waals surface area contributed by atoms with Gasteiger partial charge in [-0.3, -0.25) is 4.79 Å². The number of benzene rings is 1. The molecular weight excluding hydrogens is 388 g/mol. The van der Waals surface area contributed by atoms with Gasteiger partial charge < -0.3 is 14.8 Å². The van der Waals surface area contributed by atoms with E-state index in [4.69, 9.17) is 0 Å². The summed E-state index contributed by atoms with van der Waals surface area (Å²) in [4.78, 5) is 12.6. The maximum absolute atomic E-state index is 13.5. The highest BCUT2D eigenvalue weighted by Crippen LogP contribution is 2.35. The molecule has 1 aromatic carbocycles. The number of ketones is 1. The number of hydrogen-bond acceptors (Lipinski definition) is 3. The van der Waals surface area contributed by atoms with Crippen molar-refractivity contribution in [3.8, 4) is 5.69 Å². The predicted octanol–water partition coefficient (Wildman–Crippen LogP) is 3.92. The molecule has 1 saturated heterocycles. The van der Waals surface area contributed by atoms with Crippen LogP contribution >= 0.6 is 0 Å². The number of halogens is 6. The number of hydrogen-bond donors (Lipinski definition) is 1. The van der Waals surface area contributed by atoms with Gasteiger partial charge in [0.1, 0.15) is 5.69 Å². The number of nitrogens with one attached hydrogen (secondary N) is 1. The number of allylic oxidation sites excluding steroid dienone is 1. The molecule has 3 rings (SSSR count). The van der Waals surface area contributed by atoms with Crippen LogP contribution in [0.25, 0.3) is 5.69 Å². The van der Waals surface area contributed by atoms with E-state index in [1.807, 2.05) is 0 Å². The van der Waals surface area contributed by atoms with Gasteiger partial charge in [0.2, 0.25) is 0 Å². The number of para-hydroxylation sites is 1. The Morgan fingerprint density at radius 2 is 1.71 bits per heavy atom. The molecule has 1 aliphatic rings. The van der Waals surface area contributed by atoms with E-state index in [-0.39, 0.29) is 31.0 Å². The van der Waals surface area contributed by atoms with E-state index in [1.54, 1.807) is 18.2 Å². The number of nitrogens with zero attached hydrogens (tertiary/aromatic N) is 2. The molecule has 0 amide bonds. The first-order chi connectivity index (χ1) is 13.1. The highest BCUT2D eigenvalue weighted by molar-refractivity contribution is 5.95. The number of carbonyl (C=O) groups excluding carboxylic acids is 1. The maximum atomic E-state index is 13.5. The van der Waals surface area contributed by atoms with Gasteiger partial charge in [0, 0.05) is 36.7 Å².